The average Bonchev–Trinajstić information content (AvgIpc) is 3.60. The van der Waals surface area contributed by atoms with Gasteiger partial charge in [-0.05, 0) is 183 Å². The molecule has 0 aliphatic rings. The van der Waals surface area contributed by atoms with E-state index < -0.39 is 0 Å². The van der Waals surface area contributed by atoms with E-state index in [-0.39, 0.29) is 21.7 Å². The van der Waals surface area contributed by atoms with Gasteiger partial charge in [-0.2, -0.15) is 4.99 Å². The Balaban J connectivity index is 0.000000209. The second kappa shape index (κ2) is 20.8. The number of halogens is 1. The van der Waals surface area contributed by atoms with Gasteiger partial charge in [0.2, 0.25) is 0 Å². The smallest absolute Gasteiger partial charge is 0.188 e. The minimum Gasteiger partial charge on any atom is -0.399 e. The molecule has 0 aliphatic heterocycles. The third-order valence-electron chi connectivity index (χ3n) is 12.1. The van der Waals surface area contributed by atoms with E-state index in [4.69, 9.17) is 22.9 Å². The van der Waals surface area contributed by atoms with Crippen molar-refractivity contribution in [2.24, 2.45) is 4.99 Å². The lowest BCUT2D eigenvalue weighted by molar-refractivity contribution is 0.568. The lowest BCUT2D eigenvalue weighted by Gasteiger charge is -2.26. The number of thiazole rings is 1. The van der Waals surface area contributed by atoms with Crippen LogP contribution in [-0.4, -0.2) is 10.1 Å². The number of aliphatic imine (C=N–C) groups is 1. The second-order valence-corrected chi connectivity index (χ2v) is 24.4. The normalized spacial score (nSPS) is 11.9. The van der Waals surface area contributed by atoms with E-state index in [9.17, 15) is 0 Å². The number of fused-ring (bicyclic) bond motifs is 1. The molecular formula is C60H73BrN4S2. The first-order chi connectivity index (χ1) is 31.0. The van der Waals surface area contributed by atoms with Crippen LogP contribution in [0.1, 0.15) is 139 Å². The first-order valence-electron chi connectivity index (χ1n) is 23.2. The minimum atomic E-state index is 0.0823. The zero-order chi connectivity index (χ0) is 50.0. The number of thiocarbonyl (C=S) groups is 1. The van der Waals surface area contributed by atoms with Gasteiger partial charge in [0.25, 0.3) is 0 Å². The van der Waals surface area contributed by atoms with Crippen LogP contribution in [0.4, 0.5) is 22.2 Å². The van der Waals surface area contributed by atoms with Crippen LogP contribution in [0.3, 0.4) is 0 Å². The van der Waals surface area contributed by atoms with Crippen LogP contribution in [0.25, 0.3) is 32.5 Å². The number of rotatable bonds is 5. The molecule has 4 nitrogen and oxygen atoms in total. The van der Waals surface area contributed by atoms with E-state index in [0.717, 1.165) is 37.7 Å². The summed E-state index contributed by atoms with van der Waals surface area (Å²) in [5.41, 5.74) is 28.1. The summed E-state index contributed by atoms with van der Waals surface area (Å²) in [5.74, 6) is 0. The third-order valence-corrected chi connectivity index (χ3v) is 13.7. The van der Waals surface area contributed by atoms with E-state index in [1.807, 2.05) is 12.1 Å². The SMILES string of the molecule is CC(C)(C)c1cc(N)cc(C(C)(C)C)c1.Cc1cc(C)c(-c2cccc(Br)c2N=C=S)c(C)c1.Cc1cc(C)c(-c2cccc3sc(Nc4cc(C(C)(C)C)cc(C(C)(C)C)c4)nc23)c(C)c1. The number of nitrogens with one attached hydrogen (secondary N) is 1. The van der Waals surface area contributed by atoms with E-state index >= 15 is 0 Å². The highest BCUT2D eigenvalue weighted by molar-refractivity contribution is 9.10. The Labute approximate surface area is 421 Å². The van der Waals surface area contributed by atoms with Crippen LogP contribution in [-0.2, 0) is 21.7 Å². The summed E-state index contributed by atoms with van der Waals surface area (Å²) < 4.78 is 2.14. The molecule has 7 heteroatoms. The number of nitrogens with zero attached hydrogens (tertiary/aromatic N) is 2. The van der Waals surface area contributed by atoms with Gasteiger partial charge in [-0.25, -0.2) is 4.98 Å². The molecule has 0 saturated heterocycles. The van der Waals surface area contributed by atoms with Gasteiger partial charge in [0.15, 0.2) is 5.13 Å². The number of anilines is 3. The van der Waals surface area contributed by atoms with Crippen molar-refractivity contribution in [1.82, 2.24) is 4.98 Å². The largest absolute Gasteiger partial charge is 0.399 e. The molecule has 0 unspecified atom stereocenters. The predicted octanol–water partition coefficient (Wildman–Crippen LogP) is 18.9. The molecule has 1 aromatic heterocycles. The van der Waals surface area contributed by atoms with Crippen LogP contribution >= 0.6 is 39.5 Å². The van der Waals surface area contributed by atoms with E-state index in [1.54, 1.807) is 11.3 Å². The Bertz CT molecular complexity index is 2850. The van der Waals surface area contributed by atoms with Crippen molar-refractivity contribution in [3.63, 3.8) is 0 Å². The molecule has 0 fully saturated rings. The van der Waals surface area contributed by atoms with Crippen molar-refractivity contribution in [1.29, 1.82) is 0 Å². The number of hydrogen-bond donors (Lipinski definition) is 2. The fraction of sp³-hybridized carbons (Fsp3) is 0.367. The number of para-hydroxylation sites is 2. The number of nitrogens with two attached hydrogens (primary N) is 1. The Morgan fingerprint density at radius 3 is 1.40 bits per heavy atom. The van der Waals surface area contributed by atoms with Gasteiger partial charge in [0.1, 0.15) is 0 Å². The summed E-state index contributed by atoms with van der Waals surface area (Å²) in [6.07, 6.45) is 0. The molecule has 1 heterocycles. The number of benzene rings is 6. The lowest BCUT2D eigenvalue weighted by Crippen LogP contribution is -2.16. The van der Waals surface area contributed by atoms with Crippen LogP contribution < -0.4 is 11.1 Å². The highest BCUT2D eigenvalue weighted by Crippen LogP contribution is 2.41. The number of nitrogen functional groups attached to an aromatic ring is 1. The van der Waals surface area contributed by atoms with Crippen molar-refractivity contribution in [3.8, 4) is 22.3 Å². The summed E-state index contributed by atoms with van der Waals surface area (Å²) >= 11 is 10.0. The third kappa shape index (κ3) is 13.4. The molecule has 7 aromatic rings. The molecule has 67 heavy (non-hydrogen) atoms. The van der Waals surface area contributed by atoms with Gasteiger partial charge in [-0.1, -0.05) is 166 Å². The zero-order valence-corrected chi connectivity index (χ0v) is 46.6. The highest BCUT2D eigenvalue weighted by Gasteiger charge is 2.23. The molecule has 0 bridgehead atoms. The maximum Gasteiger partial charge on any atom is 0.188 e. The second-order valence-electron chi connectivity index (χ2n) is 22.3. The van der Waals surface area contributed by atoms with Gasteiger partial charge in [0, 0.05) is 27.0 Å². The minimum absolute atomic E-state index is 0.0823. The van der Waals surface area contributed by atoms with Crippen LogP contribution in [0.5, 0.6) is 0 Å². The van der Waals surface area contributed by atoms with Crippen LogP contribution in [0.15, 0.2) is 107 Å². The van der Waals surface area contributed by atoms with E-state index in [2.05, 4.69) is 241 Å². The molecule has 3 N–H and O–H groups in total. The molecule has 352 valence electrons. The van der Waals surface area contributed by atoms with Crippen molar-refractivity contribution in [2.75, 3.05) is 11.1 Å². The standard InChI is InChI=1S/C30H36N2S.C16H14BrNS.C14H23N/c1-18-13-19(2)26(20(3)14-18)24-11-10-12-25-27(24)32-28(33-25)31-23-16-21(29(4,5)6)15-22(17-23)30(7,8)9;1-10-7-11(2)15(12(3)8-10)13-5-4-6-14(17)16(13)18-9-19;1-13(2,3)10-7-11(14(4,5)6)9-12(15)8-10/h10-17H,1-9H3,(H,31,32);4-8H,1-3H3;7-9H,15H2,1-6H3. The summed E-state index contributed by atoms with van der Waals surface area (Å²) in [5, 5.41) is 7.04. The number of isothiocyanates is 1. The molecule has 0 radical (unpaired) electrons. The zero-order valence-electron chi connectivity index (χ0n) is 43.4. The lowest BCUT2D eigenvalue weighted by atomic mass is 9.80. The van der Waals surface area contributed by atoms with Crippen LogP contribution in [0.2, 0.25) is 0 Å². The predicted molar refractivity (Wildman–Crippen MR) is 303 cm³/mol. The fourth-order valence-corrected chi connectivity index (χ4v) is 9.96. The molecule has 0 saturated carbocycles. The molecule has 6 aromatic carbocycles. The van der Waals surface area contributed by atoms with Gasteiger partial charge >= 0.3 is 0 Å². The van der Waals surface area contributed by atoms with Crippen molar-refractivity contribution in [3.05, 3.63) is 157 Å². The van der Waals surface area contributed by atoms with Crippen molar-refractivity contribution < 1.29 is 0 Å². The Kier molecular flexibility index (Phi) is 16.4. The molecule has 0 spiro atoms. The fourth-order valence-electron chi connectivity index (χ4n) is 8.50. The van der Waals surface area contributed by atoms with Gasteiger partial charge in [-0.3, -0.25) is 0 Å². The molecule has 0 atom stereocenters. The number of hydrogen-bond acceptors (Lipinski definition) is 6. The summed E-state index contributed by atoms with van der Waals surface area (Å²) in [7, 11) is 0. The monoisotopic (exact) mass is 992 g/mol. The van der Waals surface area contributed by atoms with Crippen molar-refractivity contribution >= 4 is 77.1 Å². The average molecular weight is 994 g/mol. The molecule has 0 amide bonds. The maximum absolute atomic E-state index is 5.95. The number of aromatic nitrogens is 1. The van der Waals surface area contributed by atoms with Crippen LogP contribution in [0, 0.1) is 41.5 Å². The van der Waals surface area contributed by atoms with E-state index in [0.29, 0.717) is 0 Å². The molecule has 0 aliphatic carbocycles. The Morgan fingerprint density at radius 1 is 0.567 bits per heavy atom. The van der Waals surface area contributed by atoms with Gasteiger partial charge in [-0.15, -0.1) is 0 Å². The molecule has 7 rings (SSSR count). The van der Waals surface area contributed by atoms with Gasteiger partial charge < -0.3 is 11.1 Å². The van der Waals surface area contributed by atoms with Crippen molar-refractivity contribution in [2.45, 2.75) is 146 Å². The quantitative estimate of drug-likeness (QED) is 0.102. The molecular weight excluding hydrogens is 921 g/mol. The Morgan fingerprint density at radius 2 is 0.970 bits per heavy atom. The summed E-state index contributed by atoms with van der Waals surface area (Å²) in [6.45, 7) is 39.9. The first kappa shape index (κ1) is 53.1. The topological polar surface area (TPSA) is 63.3 Å². The first-order valence-corrected chi connectivity index (χ1v) is 25.3. The summed E-state index contributed by atoms with van der Waals surface area (Å²) in [4.78, 5) is 9.29. The Hall–Kier alpha value is -4.91. The van der Waals surface area contributed by atoms with E-state index in [1.165, 1.54) is 77.0 Å². The van der Waals surface area contributed by atoms with Gasteiger partial charge in [0.05, 0.1) is 21.1 Å². The maximum atomic E-state index is 5.95. The summed E-state index contributed by atoms with van der Waals surface area (Å²) in [6, 6.07) is 34.8. The number of aryl methyl sites for hydroxylation is 6. The highest BCUT2D eigenvalue weighted by atomic mass is 79.9.